The Bertz CT molecular complexity index is 163. The predicted molar refractivity (Wildman–Crippen MR) is 39.4 cm³/mol. The van der Waals surface area contributed by atoms with E-state index >= 15 is 0 Å². The molecule has 0 aliphatic carbocycles. The third-order valence-corrected chi connectivity index (χ3v) is 1.41. The summed E-state index contributed by atoms with van der Waals surface area (Å²) in [7, 11) is 0. The molecule has 56 valence electrons. The second-order valence-corrected chi connectivity index (χ2v) is 2.62. The lowest BCUT2D eigenvalue weighted by molar-refractivity contribution is -0.124. The van der Waals surface area contributed by atoms with Crippen LogP contribution in [0.2, 0.25) is 0 Å². The van der Waals surface area contributed by atoms with Crippen LogP contribution in [0.1, 0.15) is 6.92 Å². The number of hydrogen-bond acceptors (Lipinski definition) is 2. The first-order valence-electron chi connectivity index (χ1n) is 3.41. The van der Waals surface area contributed by atoms with Crippen LogP contribution in [0.3, 0.4) is 0 Å². The first-order chi connectivity index (χ1) is 4.70. The molecule has 0 aromatic carbocycles. The van der Waals surface area contributed by atoms with E-state index in [9.17, 15) is 4.79 Å². The molecule has 0 spiro atoms. The Morgan fingerprint density at radius 3 is 3.00 bits per heavy atom. The van der Waals surface area contributed by atoms with E-state index in [1.165, 1.54) is 0 Å². The Labute approximate surface area is 60.5 Å². The fraction of sp³-hybridized carbons (Fsp3) is 0.571. The molecule has 0 fully saturated rings. The Morgan fingerprint density at radius 2 is 2.60 bits per heavy atom. The van der Waals surface area contributed by atoms with Crippen molar-refractivity contribution in [2.75, 3.05) is 13.1 Å². The molecule has 1 amide bonds. The van der Waals surface area contributed by atoms with Crippen molar-refractivity contribution < 1.29 is 4.79 Å². The number of amides is 1. The second kappa shape index (κ2) is 2.84. The topological polar surface area (TPSA) is 46.3 Å². The van der Waals surface area contributed by atoms with Crippen molar-refractivity contribution in [2.24, 2.45) is 5.73 Å². The van der Waals surface area contributed by atoms with Crippen LogP contribution in [0.25, 0.3) is 0 Å². The van der Waals surface area contributed by atoms with Gasteiger partial charge >= 0.3 is 0 Å². The van der Waals surface area contributed by atoms with Gasteiger partial charge < -0.3 is 10.6 Å². The molecule has 1 rings (SSSR count). The summed E-state index contributed by atoms with van der Waals surface area (Å²) in [6, 6.07) is 0.0730. The maximum atomic E-state index is 10.9. The number of nitrogens with zero attached hydrogens (tertiary/aromatic N) is 1. The van der Waals surface area contributed by atoms with Crippen molar-refractivity contribution in [1.29, 1.82) is 0 Å². The standard InChI is InChI=1S/C7H12N2O/c1-6(8)5-9-4-2-3-7(9)10/h2-3,6H,4-5,8H2,1H3. The summed E-state index contributed by atoms with van der Waals surface area (Å²) in [6.45, 7) is 3.28. The zero-order valence-electron chi connectivity index (χ0n) is 6.08. The second-order valence-electron chi connectivity index (χ2n) is 2.62. The van der Waals surface area contributed by atoms with E-state index in [1.807, 2.05) is 13.0 Å². The molecule has 1 unspecified atom stereocenters. The van der Waals surface area contributed by atoms with Gasteiger partial charge in [0.15, 0.2) is 0 Å². The minimum absolute atomic E-state index is 0.0730. The Kier molecular flexibility index (Phi) is 2.06. The Balaban J connectivity index is 2.37. The fourth-order valence-electron chi connectivity index (χ4n) is 0.988. The van der Waals surface area contributed by atoms with E-state index in [0.29, 0.717) is 6.54 Å². The quantitative estimate of drug-likeness (QED) is 0.574. The van der Waals surface area contributed by atoms with Gasteiger partial charge in [-0.2, -0.15) is 0 Å². The maximum Gasteiger partial charge on any atom is 0.246 e. The van der Waals surface area contributed by atoms with Crippen LogP contribution in [0.4, 0.5) is 0 Å². The fourth-order valence-corrected chi connectivity index (χ4v) is 0.988. The minimum atomic E-state index is 0.0730. The maximum absolute atomic E-state index is 10.9. The van der Waals surface area contributed by atoms with Crippen LogP contribution < -0.4 is 5.73 Å². The average Bonchev–Trinajstić information content (AvgIpc) is 2.15. The molecule has 2 N–H and O–H groups in total. The molecule has 0 aromatic heterocycles. The molecular formula is C7H12N2O. The van der Waals surface area contributed by atoms with E-state index in [2.05, 4.69) is 0 Å². The molecule has 0 saturated carbocycles. The zero-order chi connectivity index (χ0) is 7.56. The largest absolute Gasteiger partial charge is 0.334 e. The van der Waals surface area contributed by atoms with Crippen LogP contribution >= 0.6 is 0 Å². The summed E-state index contributed by atoms with van der Waals surface area (Å²) in [5, 5.41) is 0. The summed E-state index contributed by atoms with van der Waals surface area (Å²) in [4.78, 5) is 12.6. The van der Waals surface area contributed by atoms with Gasteiger partial charge in [-0.3, -0.25) is 4.79 Å². The molecule has 1 aliphatic rings. The minimum Gasteiger partial charge on any atom is -0.334 e. The van der Waals surface area contributed by atoms with Crippen molar-refractivity contribution in [3.8, 4) is 0 Å². The lowest BCUT2D eigenvalue weighted by Gasteiger charge is -2.17. The molecular weight excluding hydrogens is 128 g/mol. The van der Waals surface area contributed by atoms with Crippen molar-refractivity contribution in [3.05, 3.63) is 12.2 Å². The van der Waals surface area contributed by atoms with Crippen molar-refractivity contribution in [3.63, 3.8) is 0 Å². The van der Waals surface area contributed by atoms with Crippen LogP contribution in [-0.2, 0) is 4.79 Å². The lowest BCUT2D eigenvalue weighted by atomic mass is 10.3. The molecule has 10 heavy (non-hydrogen) atoms. The molecule has 0 aromatic rings. The molecule has 1 heterocycles. The van der Waals surface area contributed by atoms with E-state index in [0.717, 1.165) is 6.54 Å². The molecule has 3 heteroatoms. The predicted octanol–water partition coefficient (Wildman–Crippen LogP) is -0.268. The van der Waals surface area contributed by atoms with Gasteiger partial charge in [-0.05, 0) is 6.92 Å². The highest BCUT2D eigenvalue weighted by molar-refractivity contribution is 5.89. The zero-order valence-corrected chi connectivity index (χ0v) is 6.08. The molecule has 1 atom stereocenters. The summed E-state index contributed by atoms with van der Waals surface area (Å²) in [5.41, 5.74) is 5.51. The van der Waals surface area contributed by atoms with E-state index in [4.69, 9.17) is 5.73 Å². The van der Waals surface area contributed by atoms with Gasteiger partial charge in [0.05, 0.1) is 0 Å². The third-order valence-electron chi connectivity index (χ3n) is 1.41. The van der Waals surface area contributed by atoms with Gasteiger partial charge in [0.25, 0.3) is 0 Å². The summed E-state index contributed by atoms with van der Waals surface area (Å²) >= 11 is 0. The molecule has 3 nitrogen and oxygen atoms in total. The van der Waals surface area contributed by atoms with Crippen molar-refractivity contribution in [2.45, 2.75) is 13.0 Å². The van der Waals surface area contributed by atoms with Gasteiger partial charge in [0, 0.05) is 25.2 Å². The first kappa shape index (κ1) is 7.28. The summed E-state index contributed by atoms with van der Waals surface area (Å²) in [5.74, 6) is 0.0808. The van der Waals surface area contributed by atoms with E-state index in [1.54, 1.807) is 11.0 Å². The number of carbonyl (C=O) groups excluding carboxylic acids is 1. The van der Waals surface area contributed by atoms with Gasteiger partial charge in [-0.15, -0.1) is 0 Å². The Morgan fingerprint density at radius 1 is 1.90 bits per heavy atom. The third kappa shape index (κ3) is 1.57. The molecule has 1 aliphatic heterocycles. The first-order valence-corrected chi connectivity index (χ1v) is 3.41. The van der Waals surface area contributed by atoms with Crippen LogP contribution in [0, 0.1) is 0 Å². The van der Waals surface area contributed by atoms with E-state index in [-0.39, 0.29) is 11.9 Å². The van der Waals surface area contributed by atoms with Gasteiger partial charge in [-0.25, -0.2) is 0 Å². The van der Waals surface area contributed by atoms with Crippen molar-refractivity contribution in [1.82, 2.24) is 4.90 Å². The van der Waals surface area contributed by atoms with Crippen molar-refractivity contribution >= 4 is 5.91 Å². The normalized spacial score (nSPS) is 20.2. The lowest BCUT2D eigenvalue weighted by Crippen LogP contribution is -2.36. The molecule has 0 bridgehead atoms. The highest BCUT2D eigenvalue weighted by Gasteiger charge is 2.14. The number of carbonyl (C=O) groups is 1. The highest BCUT2D eigenvalue weighted by Crippen LogP contribution is 2.00. The average molecular weight is 140 g/mol. The monoisotopic (exact) mass is 140 g/mol. The van der Waals surface area contributed by atoms with Gasteiger partial charge in [-0.1, -0.05) is 6.08 Å². The van der Waals surface area contributed by atoms with Crippen LogP contribution in [0.15, 0.2) is 12.2 Å². The van der Waals surface area contributed by atoms with Gasteiger partial charge in [0.2, 0.25) is 5.91 Å². The number of rotatable bonds is 2. The van der Waals surface area contributed by atoms with Gasteiger partial charge in [0.1, 0.15) is 0 Å². The van der Waals surface area contributed by atoms with E-state index < -0.39 is 0 Å². The number of hydrogen-bond donors (Lipinski definition) is 1. The SMILES string of the molecule is CC(N)CN1CC=CC1=O. The highest BCUT2D eigenvalue weighted by atomic mass is 16.2. The summed E-state index contributed by atoms with van der Waals surface area (Å²) < 4.78 is 0. The summed E-state index contributed by atoms with van der Waals surface area (Å²) in [6.07, 6.45) is 3.44. The molecule has 0 radical (unpaired) electrons. The molecule has 0 saturated heterocycles. The van der Waals surface area contributed by atoms with Crippen LogP contribution in [0.5, 0.6) is 0 Å². The smallest absolute Gasteiger partial charge is 0.246 e. The Hall–Kier alpha value is -0.830. The van der Waals surface area contributed by atoms with Crippen LogP contribution in [-0.4, -0.2) is 29.9 Å². The number of nitrogens with two attached hydrogens (primary N) is 1.